The van der Waals surface area contributed by atoms with Crippen molar-refractivity contribution in [1.82, 2.24) is 9.80 Å². The minimum atomic E-state index is 0.583. The van der Waals surface area contributed by atoms with E-state index >= 15 is 0 Å². The molecule has 6 rings (SSSR count). The molecule has 0 aromatic rings. The number of fused-ring (bicyclic) bond motifs is 2. The number of rotatable bonds is 3. The maximum atomic E-state index is 2.98. The molecule has 4 atom stereocenters. The van der Waals surface area contributed by atoms with E-state index in [1.54, 1.807) is 0 Å². The van der Waals surface area contributed by atoms with Crippen LogP contribution in [-0.2, 0) is 0 Å². The van der Waals surface area contributed by atoms with Gasteiger partial charge in [0.2, 0.25) is 0 Å². The third-order valence-electron chi connectivity index (χ3n) is 9.01. The molecule has 0 unspecified atom stereocenters. The van der Waals surface area contributed by atoms with E-state index in [4.69, 9.17) is 0 Å². The summed E-state index contributed by atoms with van der Waals surface area (Å²) in [4.78, 5) is 5.83. The van der Waals surface area contributed by atoms with Crippen molar-refractivity contribution in [2.75, 3.05) is 26.2 Å². The predicted molar refractivity (Wildman–Crippen MR) is 105 cm³/mol. The molecule has 4 fully saturated rings. The zero-order valence-corrected chi connectivity index (χ0v) is 16.6. The first-order valence-corrected chi connectivity index (χ1v) is 11.3. The molecule has 2 heteroatoms. The normalized spacial score (nSPS) is 41.9. The van der Waals surface area contributed by atoms with Gasteiger partial charge in [0.15, 0.2) is 0 Å². The van der Waals surface area contributed by atoms with Crippen molar-refractivity contribution in [3.05, 3.63) is 11.6 Å². The van der Waals surface area contributed by atoms with Gasteiger partial charge in [-0.15, -0.1) is 0 Å². The Morgan fingerprint density at radius 1 is 1.00 bits per heavy atom. The molecule has 2 nitrogen and oxygen atoms in total. The molecule has 2 heterocycles. The molecule has 0 aromatic heterocycles. The molecule has 2 saturated carbocycles. The Balaban J connectivity index is 1.36. The van der Waals surface area contributed by atoms with Crippen LogP contribution < -0.4 is 0 Å². The topological polar surface area (TPSA) is 6.48 Å². The zero-order chi connectivity index (χ0) is 17.0. The molecular weight excluding hydrogens is 304 g/mol. The fourth-order valence-corrected chi connectivity index (χ4v) is 7.33. The van der Waals surface area contributed by atoms with E-state index in [9.17, 15) is 0 Å². The molecule has 0 spiro atoms. The average molecular weight is 343 g/mol. The average Bonchev–Trinajstić information content (AvgIpc) is 3.11. The lowest BCUT2D eigenvalue weighted by Gasteiger charge is -2.58. The third-order valence-corrected chi connectivity index (χ3v) is 9.01. The lowest BCUT2D eigenvalue weighted by molar-refractivity contribution is -0.0268. The van der Waals surface area contributed by atoms with Crippen molar-refractivity contribution in [1.29, 1.82) is 0 Å². The van der Waals surface area contributed by atoms with Gasteiger partial charge in [-0.3, -0.25) is 9.80 Å². The Morgan fingerprint density at radius 3 is 2.60 bits per heavy atom. The summed E-state index contributed by atoms with van der Waals surface area (Å²) in [7, 11) is 0. The van der Waals surface area contributed by atoms with Gasteiger partial charge < -0.3 is 0 Å². The maximum Gasteiger partial charge on any atom is 0.0283 e. The first kappa shape index (κ1) is 16.8. The summed E-state index contributed by atoms with van der Waals surface area (Å²) < 4.78 is 0. The highest BCUT2D eigenvalue weighted by atomic mass is 15.3. The molecular formula is C23H38N2. The highest BCUT2D eigenvalue weighted by Crippen LogP contribution is 2.59. The van der Waals surface area contributed by atoms with E-state index in [2.05, 4.69) is 29.7 Å². The van der Waals surface area contributed by atoms with Crippen LogP contribution >= 0.6 is 0 Å². The van der Waals surface area contributed by atoms with Crippen LogP contribution in [0.4, 0.5) is 0 Å². The van der Waals surface area contributed by atoms with E-state index in [1.165, 1.54) is 84.0 Å². The standard InChI is InChI=1S/C23H38N2/c1-23(2)19-11-10-18(20(23)15-19)16-25-14-13-24-12-6-9-21(24)22(25)17-7-4-3-5-8-17/h10,17,19-22H,3-9,11-16H2,1-2H3/t19-,20+,21-,22-/m0/s1. The number of piperazine rings is 1. The Hall–Kier alpha value is -0.340. The Kier molecular flexibility index (Phi) is 4.28. The molecule has 0 aromatic carbocycles. The zero-order valence-electron chi connectivity index (χ0n) is 16.6. The fourth-order valence-electron chi connectivity index (χ4n) is 7.33. The Morgan fingerprint density at radius 2 is 1.84 bits per heavy atom. The molecule has 0 N–H and O–H groups in total. The number of allylic oxidation sites excluding steroid dienone is 1. The molecule has 4 aliphatic carbocycles. The predicted octanol–water partition coefficient (Wildman–Crippen LogP) is 4.71. The molecule has 6 aliphatic rings. The van der Waals surface area contributed by atoms with Gasteiger partial charge in [-0.2, -0.15) is 0 Å². The van der Waals surface area contributed by atoms with Crippen LogP contribution in [0, 0.1) is 23.2 Å². The van der Waals surface area contributed by atoms with Crippen LogP contribution in [-0.4, -0.2) is 48.1 Å². The van der Waals surface area contributed by atoms with Crippen molar-refractivity contribution < 1.29 is 0 Å². The van der Waals surface area contributed by atoms with Crippen molar-refractivity contribution in [3.8, 4) is 0 Å². The summed E-state index contributed by atoms with van der Waals surface area (Å²) >= 11 is 0. The lowest BCUT2D eigenvalue weighted by atomic mass is 9.49. The number of hydrogen-bond acceptors (Lipinski definition) is 2. The fraction of sp³-hybridized carbons (Fsp3) is 0.913. The van der Waals surface area contributed by atoms with Gasteiger partial charge in [0.1, 0.15) is 0 Å². The molecule has 2 aliphatic heterocycles. The Bertz CT molecular complexity index is 530. The molecule has 2 bridgehead atoms. The summed E-state index contributed by atoms with van der Waals surface area (Å²) in [6.07, 6.45) is 15.9. The molecule has 25 heavy (non-hydrogen) atoms. The SMILES string of the molecule is CC1(C)[C@H]2CC=C(CN3CCN4CCC[C@H]4[C@@H]3C3CCCCC3)[C@H]1C2. The van der Waals surface area contributed by atoms with E-state index in [-0.39, 0.29) is 0 Å². The van der Waals surface area contributed by atoms with E-state index < -0.39 is 0 Å². The summed E-state index contributed by atoms with van der Waals surface area (Å²) in [5, 5.41) is 0. The smallest absolute Gasteiger partial charge is 0.0283 e. The lowest BCUT2D eigenvalue weighted by Crippen LogP contribution is -2.61. The van der Waals surface area contributed by atoms with E-state index in [0.29, 0.717) is 5.41 Å². The second-order valence-corrected chi connectivity index (χ2v) is 10.4. The molecule has 0 radical (unpaired) electrons. The van der Waals surface area contributed by atoms with Gasteiger partial charge in [-0.1, -0.05) is 44.8 Å². The summed E-state index contributed by atoms with van der Waals surface area (Å²) in [5.41, 5.74) is 2.40. The highest BCUT2D eigenvalue weighted by Gasteiger charge is 2.52. The third kappa shape index (κ3) is 2.74. The number of hydrogen-bond donors (Lipinski definition) is 0. The highest BCUT2D eigenvalue weighted by molar-refractivity contribution is 5.25. The minimum absolute atomic E-state index is 0.583. The second-order valence-electron chi connectivity index (χ2n) is 10.4. The van der Waals surface area contributed by atoms with Crippen LogP contribution in [0.5, 0.6) is 0 Å². The van der Waals surface area contributed by atoms with E-state index in [0.717, 1.165) is 29.8 Å². The maximum absolute atomic E-state index is 2.98. The summed E-state index contributed by atoms with van der Waals surface area (Å²) in [6.45, 7) is 10.4. The van der Waals surface area contributed by atoms with E-state index in [1.807, 2.05) is 5.57 Å². The van der Waals surface area contributed by atoms with Crippen molar-refractivity contribution >= 4 is 0 Å². The first-order valence-electron chi connectivity index (χ1n) is 11.3. The van der Waals surface area contributed by atoms with Gasteiger partial charge in [0.05, 0.1) is 0 Å². The van der Waals surface area contributed by atoms with Gasteiger partial charge in [0, 0.05) is 31.7 Å². The first-order chi connectivity index (χ1) is 12.1. The van der Waals surface area contributed by atoms with Crippen LogP contribution in [0.25, 0.3) is 0 Å². The molecule has 140 valence electrons. The summed E-state index contributed by atoms with van der Waals surface area (Å²) in [6, 6.07) is 1.74. The van der Waals surface area contributed by atoms with Crippen LogP contribution in [0.2, 0.25) is 0 Å². The quantitative estimate of drug-likeness (QED) is 0.686. The largest absolute Gasteiger partial charge is 0.298 e. The van der Waals surface area contributed by atoms with Crippen LogP contribution in [0.1, 0.15) is 71.6 Å². The minimum Gasteiger partial charge on any atom is -0.298 e. The van der Waals surface area contributed by atoms with Gasteiger partial charge in [-0.05, 0) is 68.2 Å². The summed E-state index contributed by atoms with van der Waals surface area (Å²) in [5.74, 6) is 2.84. The second kappa shape index (κ2) is 6.37. The van der Waals surface area contributed by atoms with Crippen LogP contribution in [0.3, 0.4) is 0 Å². The van der Waals surface area contributed by atoms with Crippen LogP contribution in [0.15, 0.2) is 11.6 Å². The van der Waals surface area contributed by atoms with Gasteiger partial charge in [-0.25, -0.2) is 0 Å². The monoisotopic (exact) mass is 342 g/mol. The number of nitrogens with zero attached hydrogens (tertiary/aromatic N) is 2. The van der Waals surface area contributed by atoms with Crippen molar-refractivity contribution in [2.45, 2.75) is 83.7 Å². The molecule has 2 saturated heterocycles. The molecule has 0 amide bonds. The Labute approximate surface area is 155 Å². The van der Waals surface area contributed by atoms with Gasteiger partial charge in [0.25, 0.3) is 0 Å². The van der Waals surface area contributed by atoms with Crippen molar-refractivity contribution in [2.24, 2.45) is 23.2 Å². The van der Waals surface area contributed by atoms with Gasteiger partial charge >= 0.3 is 0 Å². The van der Waals surface area contributed by atoms with Crippen molar-refractivity contribution in [3.63, 3.8) is 0 Å².